The molecule has 0 aliphatic heterocycles. The zero-order valence-electron chi connectivity index (χ0n) is 11.2. The summed E-state index contributed by atoms with van der Waals surface area (Å²) in [5.74, 6) is 0.185. The zero-order chi connectivity index (χ0) is 13.8. The number of nitrogen functional groups attached to an aromatic ring is 1. The quantitative estimate of drug-likeness (QED) is 0.684. The number of hydrogen-bond donors (Lipinski definition) is 3. The molecule has 1 aromatic rings. The molecule has 4 N–H and O–H groups in total. The largest absolute Gasteiger partial charge is 0.396 e. The Kier molecular flexibility index (Phi) is 4.72. The fourth-order valence-electron chi connectivity index (χ4n) is 1.91. The normalized spacial score (nSPS) is 14.5. The van der Waals surface area contributed by atoms with Crippen molar-refractivity contribution in [1.82, 2.24) is 15.1 Å². The summed E-state index contributed by atoms with van der Waals surface area (Å²) < 4.78 is 1.46. The van der Waals surface area contributed by atoms with Crippen LogP contribution in [-0.2, 0) is 11.3 Å². The Bertz CT molecular complexity index is 399. The number of rotatable bonds is 6. The third-order valence-corrected chi connectivity index (χ3v) is 2.47. The first-order valence-corrected chi connectivity index (χ1v) is 6.05. The summed E-state index contributed by atoms with van der Waals surface area (Å²) in [6.45, 7) is 6.13. The summed E-state index contributed by atoms with van der Waals surface area (Å²) in [7, 11) is 0. The van der Waals surface area contributed by atoms with Crippen LogP contribution in [0.3, 0.4) is 0 Å². The first-order chi connectivity index (χ1) is 8.28. The van der Waals surface area contributed by atoms with Gasteiger partial charge in [0.05, 0.1) is 17.5 Å². The van der Waals surface area contributed by atoms with E-state index in [0.717, 1.165) is 0 Å². The Hall–Kier alpha value is -1.56. The van der Waals surface area contributed by atoms with Gasteiger partial charge in [0.25, 0.3) is 0 Å². The van der Waals surface area contributed by atoms with E-state index in [-0.39, 0.29) is 19.0 Å². The number of anilines is 1. The van der Waals surface area contributed by atoms with Gasteiger partial charge < -0.3 is 16.2 Å². The van der Waals surface area contributed by atoms with Crippen molar-refractivity contribution >= 4 is 11.6 Å². The van der Waals surface area contributed by atoms with E-state index in [0.29, 0.717) is 18.0 Å². The van der Waals surface area contributed by atoms with Crippen LogP contribution in [0.25, 0.3) is 0 Å². The highest BCUT2D eigenvalue weighted by Crippen LogP contribution is 2.14. The molecule has 0 aromatic carbocycles. The van der Waals surface area contributed by atoms with E-state index in [2.05, 4.69) is 10.4 Å². The summed E-state index contributed by atoms with van der Waals surface area (Å²) in [4.78, 5) is 11.6. The number of carbonyl (C=O) groups excluding carboxylic acids is 1. The van der Waals surface area contributed by atoms with Crippen molar-refractivity contribution in [3.05, 3.63) is 12.4 Å². The number of hydrogen-bond acceptors (Lipinski definition) is 4. The van der Waals surface area contributed by atoms with Crippen molar-refractivity contribution in [2.45, 2.75) is 39.3 Å². The van der Waals surface area contributed by atoms with E-state index in [1.807, 2.05) is 13.8 Å². The van der Waals surface area contributed by atoms with Crippen molar-refractivity contribution in [3.8, 4) is 0 Å². The van der Waals surface area contributed by atoms with Gasteiger partial charge in [0.2, 0.25) is 5.91 Å². The second-order valence-corrected chi connectivity index (χ2v) is 5.34. The maximum absolute atomic E-state index is 11.6. The Balaban J connectivity index is 2.37. The zero-order valence-corrected chi connectivity index (χ0v) is 11.2. The first kappa shape index (κ1) is 14.5. The van der Waals surface area contributed by atoms with Crippen LogP contribution in [0.5, 0.6) is 0 Å². The van der Waals surface area contributed by atoms with Crippen LogP contribution in [-0.4, -0.2) is 32.9 Å². The molecule has 6 nitrogen and oxygen atoms in total. The number of nitrogens with zero attached hydrogens (tertiary/aromatic N) is 2. The lowest BCUT2D eigenvalue weighted by Gasteiger charge is -2.25. The van der Waals surface area contributed by atoms with Gasteiger partial charge in [-0.05, 0) is 19.3 Å². The van der Waals surface area contributed by atoms with Crippen molar-refractivity contribution in [3.63, 3.8) is 0 Å². The van der Waals surface area contributed by atoms with E-state index in [1.165, 1.54) is 10.9 Å². The minimum Gasteiger partial charge on any atom is -0.396 e. The highest BCUT2D eigenvalue weighted by Gasteiger charge is 2.22. The van der Waals surface area contributed by atoms with Crippen molar-refractivity contribution < 1.29 is 9.90 Å². The van der Waals surface area contributed by atoms with Crippen molar-refractivity contribution in [2.24, 2.45) is 5.92 Å². The molecular formula is C12H22N4O2. The lowest BCUT2D eigenvalue weighted by atomic mass is 9.94. The van der Waals surface area contributed by atoms with E-state index in [9.17, 15) is 9.90 Å². The van der Waals surface area contributed by atoms with Crippen LogP contribution in [0.4, 0.5) is 5.69 Å². The van der Waals surface area contributed by atoms with Gasteiger partial charge in [-0.15, -0.1) is 0 Å². The first-order valence-electron chi connectivity index (χ1n) is 6.05. The smallest absolute Gasteiger partial charge is 0.241 e. The minimum atomic E-state index is -0.882. The second kappa shape index (κ2) is 5.86. The Morgan fingerprint density at radius 3 is 2.83 bits per heavy atom. The lowest BCUT2D eigenvalue weighted by Crippen LogP contribution is -2.42. The molecule has 0 saturated carbocycles. The van der Waals surface area contributed by atoms with E-state index in [4.69, 9.17) is 5.73 Å². The molecule has 1 heterocycles. The summed E-state index contributed by atoms with van der Waals surface area (Å²) in [6.07, 6.45) is 3.72. The van der Waals surface area contributed by atoms with Crippen molar-refractivity contribution in [1.29, 1.82) is 0 Å². The molecule has 0 saturated heterocycles. The van der Waals surface area contributed by atoms with Crippen LogP contribution < -0.4 is 11.1 Å². The SMILES string of the molecule is CC(C)CC(C)(O)CNC(=O)Cn1cc(N)cn1. The summed E-state index contributed by atoms with van der Waals surface area (Å²) in [5.41, 5.74) is 5.14. The molecule has 0 aliphatic carbocycles. The highest BCUT2D eigenvalue weighted by molar-refractivity contribution is 5.75. The van der Waals surface area contributed by atoms with Gasteiger partial charge in [0.15, 0.2) is 0 Å². The second-order valence-electron chi connectivity index (χ2n) is 5.34. The van der Waals surface area contributed by atoms with E-state index < -0.39 is 5.60 Å². The Morgan fingerprint density at radius 1 is 1.67 bits per heavy atom. The molecule has 0 radical (unpaired) electrons. The van der Waals surface area contributed by atoms with Crippen LogP contribution in [0.15, 0.2) is 12.4 Å². The average molecular weight is 254 g/mol. The monoisotopic (exact) mass is 254 g/mol. The topological polar surface area (TPSA) is 93.2 Å². The van der Waals surface area contributed by atoms with Gasteiger partial charge in [0, 0.05) is 12.7 Å². The van der Waals surface area contributed by atoms with Gasteiger partial charge in [0.1, 0.15) is 6.54 Å². The van der Waals surface area contributed by atoms with Crippen LogP contribution >= 0.6 is 0 Å². The predicted molar refractivity (Wildman–Crippen MR) is 69.7 cm³/mol. The number of nitrogens with two attached hydrogens (primary N) is 1. The summed E-state index contributed by atoms with van der Waals surface area (Å²) in [5, 5.41) is 16.7. The molecule has 18 heavy (non-hydrogen) atoms. The maximum Gasteiger partial charge on any atom is 0.241 e. The number of aromatic nitrogens is 2. The molecule has 1 unspecified atom stereocenters. The molecule has 0 bridgehead atoms. The molecule has 0 aliphatic rings. The average Bonchev–Trinajstić information content (AvgIpc) is 2.59. The summed E-state index contributed by atoms with van der Waals surface area (Å²) >= 11 is 0. The van der Waals surface area contributed by atoms with Gasteiger partial charge in [-0.25, -0.2) is 0 Å². The molecule has 1 rings (SSSR count). The molecule has 0 spiro atoms. The van der Waals surface area contributed by atoms with Crippen LogP contribution in [0.2, 0.25) is 0 Å². The molecule has 102 valence electrons. The predicted octanol–water partition coefficient (Wildman–Crippen LogP) is 0.379. The number of nitrogens with one attached hydrogen (secondary N) is 1. The third-order valence-electron chi connectivity index (χ3n) is 2.47. The molecule has 1 atom stereocenters. The minimum absolute atomic E-state index is 0.106. The molecular weight excluding hydrogens is 232 g/mol. The third kappa shape index (κ3) is 5.18. The van der Waals surface area contributed by atoms with Crippen LogP contribution in [0, 0.1) is 5.92 Å². The van der Waals surface area contributed by atoms with E-state index >= 15 is 0 Å². The number of aliphatic hydroxyl groups is 1. The van der Waals surface area contributed by atoms with Gasteiger partial charge in [-0.3, -0.25) is 9.48 Å². The molecule has 0 fully saturated rings. The molecule has 6 heteroatoms. The molecule has 1 amide bonds. The standard InChI is InChI=1S/C12H22N4O2/c1-9(2)4-12(3,18)8-14-11(17)7-16-6-10(13)5-15-16/h5-6,9,18H,4,7-8,13H2,1-3H3,(H,14,17). The number of amides is 1. The fourth-order valence-corrected chi connectivity index (χ4v) is 1.91. The van der Waals surface area contributed by atoms with E-state index in [1.54, 1.807) is 13.1 Å². The van der Waals surface area contributed by atoms with Gasteiger partial charge in [-0.2, -0.15) is 5.10 Å². The highest BCUT2D eigenvalue weighted by atomic mass is 16.3. The van der Waals surface area contributed by atoms with Crippen molar-refractivity contribution in [2.75, 3.05) is 12.3 Å². The fraction of sp³-hybridized carbons (Fsp3) is 0.667. The molecule has 1 aromatic heterocycles. The lowest BCUT2D eigenvalue weighted by molar-refractivity contribution is -0.123. The number of carbonyl (C=O) groups is 1. The Morgan fingerprint density at radius 2 is 2.33 bits per heavy atom. The maximum atomic E-state index is 11.6. The Labute approximate surface area is 107 Å². The van der Waals surface area contributed by atoms with Gasteiger partial charge in [-0.1, -0.05) is 13.8 Å². The van der Waals surface area contributed by atoms with Crippen LogP contribution in [0.1, 0.15) is 27.2 Å². The van der Waals surface area contributed by atoms with Gasteiger partial charge >= 0.3 is 0 Å². The summed E-state index contributed by atoms with van der Waals surface area (Å²) in [6, 6.07) is 0.